The maximum atomic E-state index is 11.2. The minimum atomic E-state index is -0.777. The van der Waals surface area contributed by atoms with Crippen molar-refractivity contribution < 1.29 is 14.7 Å². The Morgan fingerprint density at radius 2 is 1.93 bits per heavy atom. The van der Waals surface area contributed by atoms with Gasteiger partial charge in [0.25, 0.3) is 0 Å². The fraction of sp³-hybridized carbons (Fsp3) is 0.800. The highest BCUT2D eigenvalue weighted by atomic mass is 32.2. The molecule has 0 aliphatic heterocycles. The largest absolute Gasteiger partial charge is 0.481 e. The lowest BCUT2D eigenvalue weighted by Gasteiger charge is -2.03. The van der Waals surface area contributed by atoms with Crippen LogP contribution in [0.5, 0.6) is 0 Å². The van der Waals surface area contributed by atoms with Crippen LogP contribution in [0.25, 0.3) is 0 Å². The van der Waals surface area contributed by atoms with E-state index in [2.05, 4.69) is 5.32 Å². The highest BCUT2D eigenvalue weighted by Gasteiger charge is 2.00. The van der Waals surface area contributed by atoms with Crippen molar-refractivity contribution >= 4 is 23.6 Å². The molecule has 0 aliphatic rings. The lowest BCUT2D eigenvalue weighted by Crippen LogP contribution is -2.24. The summed E-state index contributed by atoms with van der Waals surface area (Å²) in [5.41, 5.74) is 0. The molecule has 0 aliphatic carbocycles. The average molecular weight is 233 g/mol. The lowest BCUT2D eigenvalue weighted by molar-refractivity contribution is -0.137. The SMILES string of the molecule is CSCCCC(=O)NCCCCC(=O)O. The summed E-state index contributed by atoms with van der Waals surface area (Å²) in [5.74, 6) is 0.299. The van der Waals surface area contributed by atoms with Gasteiger partial charge in [-0.25, -0.2) is 0 Å². The smallest absolute Gasteiger partial charge is 0.303 e. The minimum absolute atomic E-state index is 0.0689. The van der Waals surface area contributed by atoms with E-state index in [-0.39, 0.29) is 12.3 Å². The Morgan fingerprint density at radius 3 is 2.53 bits per heavy atom. The monoisotopic (exact) mass is 233 g/mol. The topological polar surface area (TPSA) is 66.4 Å². The van der Waals surface area contributed by atoms with Gasteiger partial charge in [0.1, 0.15) is 0 Å². The highest BCUT2D eigenvalue weighted by Crippen LogP contribution is 1.99. The number of amides is 1. The average Bonchev–Trinajstić information content (AvgIpc) is 2.17. The number of aliphatic carboxylic acids is 1. The van der Waals surface area contributed by atoms with Gasteiger partial charge in [-0.3, -0.25) is 9.59 Å². The third-order valence-corrected chi connectivity index (χ3v) is 2.59. The number of carbonyl (C=O) groups excluding carboxylic acids is 1. The number of hydrogen-bond donors (Lipinski definition) is 2. The van der Waals surface area contributed by atoms with Crippen molar-refractivity contribution in [2.75, 3.05) is 18.6 Å². The van der Waals surface area contributed by atoms with Crippen LogP contribution in [0.2, 0.25) is 0 Å². The summed E-state index contributed by atoms with van der Waals surface area (Å²) in [4.78, 5) is 21.4. The molecule has 0 spiro atoms. The molecule has 0 atom stereocenters. The third kappa shape index (κ3) is 11.2. The Bertz CT molecular complexity index is 197. The van der Waals surface area contributed by atoms with Crippen molar-refractivity contribution in [3.05, 3.63) is 0 Å². The van der Waals surface area contributed by atoms with Crippen LogP contribution in [0.1, 0.15) is 32.1 Å². The molecule has 88 valence electrons. The Morgan fingerprint density at radius 1 is 1.20 bits per heavy atom. The van der Waals surface area contributed by atoms with Crippen LogP contribution in [0.3, 0.4) is 0 Å². The Balaban J connectivity index is 3.20. The highest BCUT2D eigenvalue weighted by molar-refractivity contribution is 7.98. The standard InChI is InChI=1S/C10H19NO3S/c1-15-8-4-5-9(12)11-7-3-2-6-10(13)14/h2-8H2,1H3,(H,11,12)(H,13,14). The number of carbonyl (C=O) groups is 2. The minimum Gasteiger partial charge on any atom is -0.481 e. The van der Waals surface area contributed by atoms with E-state index in [4.69, 9.17) is 5.11 Å². The molecule has 15 heavy (non-hydrogen) atoms. The predicted octanol–water partition coefficient (Wildman–Crippen LogP) is 1.50. The van der Waals surface area contributed by atoms with Crippen LogP contribution >= 0.6 is 11.8 Å². The van der Waals surface area contributed by atoms with E-state index in [1.165, 1.54) is 0 Å². The molecular formula is C10H19NO3S. The molecule has 0 aromatic heterocycles. The molecule has 1 amide bonds. The zero-order valence-corrected chi connectivity index (χ0v) is 9.94. The van der Waals surface area contributed by atoms with E-state index in [1.807, 2.05) is 6.26 Å². The van der Waals surface area contributed by atoms with Gasteiger partial charge in [-0.1, -0.05) is 0 Å². The number of hydrogen-bond acceptors (Lipinski definition) is 3. The summed E-state index contributed by atoms with van der Waals surface area (Å²) in [6.45, 7) is 0.589. The first kappa shape index (κ1) is 14.3. The number of carboxylic acids is 1. The van der Waals surface area contributed by atoms with Gasteiger partial charge in [-0.05, 0) is 31.3 Å². The number of rotatable bonds is 9. The summed E-state index contributed by atoms with van der Waals surface area (Å²) >= 11 is 1.73. The molecule has 0 rings (SSSR count). The van der Waals surface area contributed by atoms with Crippen LogP contribution in [-0.4, -0.2) is 35.5 Å². The zero-order chi connectivity index (χ0) is 11.5. The lowest BCUT2D eigenvalue weighted by atomic mass is 10.2. The summed E-state index contributed by atoms with van der Waals surface area (Å²) in [6, 6.07) is 0. The van der Waals surface area contributed by atoms with Crippen molar-refractivity contribution in [3.63, 3.8) is 0 Å². The second-order valence-electron chi connectivity index (χ2n) is 3.30. The number of thioether (sulfide) groups is 1. The number of nitrogens with one attached hydrogen (secondary N) is 1. The molecule has 0 saturated heterocycles. The molecule has 5 heteroatoms. The van der Waals surface area contributed by atoms with E-state index in [0.717, 1.165) is 18.6 Å². The van der Waals surface area contributed by atoms with Crippen molar-refractivity contribution in [1.29, 1.82) is 0 Å². The molecule has 0 heterocycles. The first-order valence-corrected chi connectivity index (χ1v) is 6.53. The van der Waals surface area contributed by atoms with E-state index < -0.39 is 5.97 Å². The van der Waals surface area contributed by atoms with Gasteiger partial charge in [0, 0.05) is 19.4 Å². The van der Waals surface area contributed by atoms with E-state index in [0.29, 0.717) is 19.4 Å². The second kappa shape index (κ2) is 9.83. The number of carboxylic acid groups (broad SMARTS) is 1. The predicted molar refractivity (Wildman–Crippen MR) is 62.1 cm³/mol. The summed E-state index contributed by atoms with van der Waals surface area (Å²) in [7, 11) is 0. The molecule has 0 saturated carbocycles. The molecule has 0 aromatic carbocycles. The Hall–Kier alpha value is -0.710. The third-order valence-electron chi connectivity index (χ3n) is 1.89. The van der Waals surface area contributed by atoms with Crippen LogP contribution in [-0.2, 0) is 9.59 Å². The fourth-order valence-electron chi connectivity index (χ4n) is 1.09. The molecule has 4 nitrogen and oxygen atoms in total. The molecule has 0 radical (unpaired) electrons. The van der Waals surface area contributed by atoms with E-state index in [9.17, 15) is 9.59 Å². The van der Waals surface area contributed by atoms with Gasteiger partial charge in [0.15, 0.2) is 0 Å². The first-order chi connectivity index (χ1) is 7.16. The molecule has 0 bridgehead atoms. The van der Waals surface area contributed by atoms with E-state index in [1.54, 1.807) is 11.8 Å². The van der Waals surface area contributed by atoms with Gasteiger partial charge >= 0.3 is 5.97 Å². The normalized spacial score (nSPS) is 9.93. The van der Waals surface area contributed by atoms with Gasteiger partial charge in [-0.2, -0.15) is 11.8 Å². The number of unbranched alkanes of at least 4 members (excludes halogenated alkanes) is 1. The van der Waals surface area contributed by atoms with Gasteiger partial charge in [-0.15, -0.1) is 0 Å². The van der Waals surface area contributed by atoms with Crippen molar-refractivity contribution in [3.8, 4) is 0 Å². The molecule has 0 unspecified atom stereocenters. The van der Waals surface area contributed by atoms with Crippen molar-refractivity contribution in [2.24, 2.45) is 0 Å². The maximum Gasteiger partial charge on any atom is 0.303 e. The Labute approximate surface area is 94.8 Å². The second-order valence-corrected chi connectivity index (χ2v) is 4.28. The van der Waals surface area contributed by atoms with Crippen LogP contribution in [0.4, 0.5) is 0 Å². The van der Waals surface area contributed by atoms with Gasteiger partial charge in [0.05, 0.1) is 0 Å². The zero-order valence-electron chi connectivity index (χ0n) is 9.12. The fourth-order valence-corrected chi connectivity index (χ4v) is 1.53. The van der Waals surface area contributed by atoms with Crippen molar-refractivity contribution in [1.82, 2.24) is 5.32 Å². The summed E-state index contributed by atoms with van der Waals surface area (Å²) in [5, 5.41) is 11.1. The molecule has 0 fully saturated rings. The molecule has 0 aromatic rings. The van der Waals surface area contributed by atoms with Gasteiger partial charge < -0.3 is 10.4 Å². The maximum absolute atomic E-state index is 11.2. The summed E-state index contributed by atoms with van der Waals surface area (Å²) in [6.07, 6.45) is 5.04. The van der Waals surface area contributed by atoms with Crippen LogP contribution in [0, 0.1) is 0 Å². The Kier molecular flexibility index (Phi) is 9.36. The van der Waals surface area contributed by atoms with Crippen LogP contribution < -0.4 is 5.32 Å². The molecule has 2 N–H and O–H groups in total. The first-order valence-electron chi connectivity index (χ1n) is 5.14. The van der Waals surface area contributed by atoms with Crippen molar-refractivity contribution in [2.45, 2.75) is 32.1 Å². The summed E-state index contributed by atoms with van der Waals surface area (Å²) < 4.78 is 0. The van der Waals surface area contributed by atoms with E-state index >= 15 is 0 Å². The molecular weight excluding hydrogens is 214 g/mol. The quantitative estimate of drug-likeness (QED) is 0.592. The van der Waals surface area contributed by atoms with Gasteiger partial charge in [0.2, 0.25) is 5.91 Å². The van der Waals surface area contributed by atoms with Crippen LogP contribution in [0.15, 0.2) is 0 Å².